The first-order valence-corrected chi connectivity index (χ1v) is 8.08. The third-order valence-electron chi connectivity index (χ3n) is 2.91. The van der Waals surface area contributed by atoms with E-state index in [0.29, 0.717) is 5.56 Å². The largest absolute Gasteiger partial charge is 0.469 e. The molecule has 1 aromatic carbocycles. The monoisotopic (exact) mass is 349 g/mol. The molecule has 0 bridgehead atoms. The molecule has 1 aromatic rings. The molecule has 0 amide bonds. The molecule has 0 aromatic heterocycles. The minimum absolute atomic E-state index is 0.0116. The highest BCUT2D eigenvalue weighted by Gasteiger charge is 2.25. The van der Waals surface area contributed by atoms with Crippen molar-refractivity contribution in [2.45, 2.75) is 44.6 Å². The number of carbonyl (C=O) groups is 1. The van der Waals surface area contributed by atoms with Gasteiger partial charge in [0.05, 0.1) is 35.3 Å². The van der Waals surface area contributed by atoms with E-state index in [1.165, 1.54) is 31.4 Å². The van der Waals surface area contributed by atoms with E-state index in [0.717, 1.165) is 0 Å². The fourth-order valence-corrected chi connectivity index (χ4v) is 2.50. The van der Waals surface area contributed by atoms with Crippen molar-refractivity contribution in [1.82, 2.24) is 4.72 Å². The summed E-state index contributed by atoms with van der Waals surface area (Å²) in [5, 5.41) is 0. The van der Waals surface area contributed by atoms with Gasteiger partial charge in [-0.25, -0.2) is 8.93 Å². The molecular weight excluding hydrogens is 328 g/mol. The summed E-state index contributed by atoms with van der Waals surface area (Å²) in [6.45, 7) is 2.49. The number of alkyl halides is 2. The normalized spacial score (nSPS) is 14.4. The van der Waals surface area contributed by atoms with Crippen molar-refractivity contribution in [2.75, 3.05) is 7.11 Å². The number of benzene rings is 1. The third-order valence-corrected chi connectivity index (χ3v) is 4.52. The van der Waals surface area contributed by atoms with E-state index in [9.17, 15) is 17.8 Å². The zero-order valence-electron chi connectivity index (χ0n) is 13.5. The molecule has 2 atom stereocenters. The lowest BCUT2D eigenvalue weighted by molar-refractivity contribution is -0.141. The smallest absolute Gasteiger partial charge is 0.387 e. The van der Waals surface area contributed by atoms with Crippen LogP contribution in [0.4, 0.5) is 8.78 Å². The van der Waals surface area contributed by atoms with Gasteiger partial charge in [-0.3, -0.25) is 4.79 Å². The van der Waals surface area contributed by atoms with E-state index in [2.05, 4.69) is 14.2 Å². The van der Waals surface area contributed by atoms with Gasteiger partial charge in [0.25, 0.3) is 0 Å². The molecule has 0 saturated heterocycles. The fraction of sp³-hybridized carbons (Fsp3) is 0.533. The summed E-state index contributed by atoms with van der Waals surface area (Å²) in [5.41, 5.74) is 0.620. The van der Waals surface area contributed by atoms with Crippen LogP contribution in [0.3, 0.4) is 0 Å². The first-order valence-electron chi connectivity index (χ1n) is 6.93. The number of carbonyl (C=O) groups excluding carboxylic acids is 1. The molecule has 0 saturated carbocycles. The summed E-state index contributed by atoms with van der Waals surface area (Å²) in [4.78, 5) is 11.6. The minimum atomic E-state index is -2.90. The molecule has 5 nitrogen and oxygen atoms in total. The molecule has 0 aliphatic carbocycles. The van der Waals surface area contributed by atoms with Crippen molar-refractivity contribution in [2.24, 2.45) is 0 Å². The maximum absolute atomic E-state index is 12.3. The number of esters is 1. The number of halogens is 2. The summed E-state index contributed by atoms with van der Waals surface area (Å²) in [7, 11) is -0.146. The maximum atomic E-state index is 12.3. The van der Waals surface area contributed by atoms with Crippen LogP contribution in [0.15, 0.2) is 24.3 Å². The second kappa shape index (κ2) is 8.35. The van der Waals surface area contributed by atoms with Crippen molar-refractivity contribution < 1.29 is 27.3 Å². The molecule has 23 heavy (non-hydrogen) atoms. The number of hydrogen-bond donors (Lipinski definition) is 1. The lowest BCUT2D eigenvalue weighted by Gasteiger charge is -2.24. The van der Waals surface area contributed by atoms with Gasteiger partial charge in [-0.15, -0.1) is 0 Å². The van der Waals surface area contributed by atoms with Crippen LogP contribution in [0.1, 0.15) is 38.8 Å². The zero-order valence-corrected chi connectivity index (χ0v) is 14.3. The van der Waals surface area contributed by atoms with Crippen molar-refractivity contribution in [3.63, 3.8) is 0 Å². The number of hydrogen-bond acceptors (Lipinski definition) is 4. The molecule has 0 heterocycles. The van der Waals surface area contributed by atoms with Crippen LogP contribution in [-0.2, 0) is 20.5 Å². The van der Waals surface area contributed by atoms with E-state index in [4.69, 9.17) is 0 Å². The van der Waals surface area contributed by atoms with E-state index >= 15 is 0 Å². The standard InChI is InChI=1S/C15H21F2NO4S/c1-15(2,3)23(20)18-12(9-13(19)21-4)10-5-7-11(8-6-10)22-14(16)17/h5-8,12,14,18H,9H2,1-4H3/t12-,23+/m1/s1. The van der Waals surface area contributed by atoms with Gasteiger partial charge in [0.15, 0.2) is 0 Å². The Morgan fingerprint density at radius 1 is 1.26 bits per heavy atom. The summed E-state index contributed by atoms with van der Waals surface area (Å²) in [5.74, 6) is -0.459. The lowest BCUT2D eigenvalue weighted by Crippen LogP contribution is -2.36. The van der Waals surface area contributed by atoms with Gasteiger partial charge >= 0.3 is 12.6 Å². The van der Waals surface area contributed by atoms with Crippen molar-refractivity contribution in [3.8, 4) is 5.75 Å². The highest BCUT2D eigenvalue weighted by molar-refractivity contribution is 7.84. The highest BCUT2D eigenvalue weighted by Crippen LogP contribution is 2.24. The molecule has 0 fully saturated rings. The Hall–Kier alpha value is -1.54. The van der Waals surface area contributed by atoms with Crippen LogP contribution < -0.4 is 9.46 Å². The predicted octanol–water partition coefficient (Wildman–Crippen LogP) is 2.94. The maximum Gasteiger partial charge on any atom is 0.387 e. The van der Waals surface area contributed by atoms with Gasteiger partial charge in [0.1, 0.15) is 5.75 Å². The molecule has 0 aliphatic heterocycles. The fourth-order valence-electron chi connectivity index (χ4n) is 1.67. The summed E-state index contributed by atoms with van der Waals surface area (Å²) >= 11 is 0. The van der Waals surface area contributed by atoms with Crippen LogP contribution in [0.25, 0.3) is 0 Å². The van der Waals surface area contributed by atoms with Gasteiger partial charge in [-0.05, 0) is 38.5 Å². The Balaban J connectivity index is 2.94. The molecular formula is C15H21F2NO4S. The molecule has 0 radical (unpaired) electrons. The Labute approximate surface area is 136 Å². The van der Waals surface area contributed by atoms with Gasteiger partial charge in [-0.1, -0.05) is 12.1 Å². The van der Waals surface area contributed by atoms with E-state index in [-0.39, 0.29) is 12.2 Å². The van der Waals surface area contributed by atoms with Crippen LogP contribution >= 0.6 is 0 Å². The van der Waals surface area contributed by atoms with E-state index in [1.54, 1.807) is 20.8 Å². The molecule has 1 rings (SSSR count). The topological polar surface area (TPSA) is 64.6 Å². The Morgan fingerprint density at radius 2 is 1.83 bits per heavy atom. The zero-order chi connectivity index (χ0) is 17.6. The van der Waals surface area contributed by atoms with Crippen LogP contribution in [-0.4, -0.2) is 28.6 Å². The summed E-state index contributed by atoms with van der Waals surface area (Å²) in [6, 6.07) is 5.25. The summed E-state index contributed by atoms with van der Waals surface area (Å²) in [6.07, 6.45) is -0.0344. The third kappa shape index (κ3) is 6.62. The van der Waals surface area contributed by atoms with Gasteiger partial charge in [0.2, 0.25) is 0 Å². The Bertz CT molecular complexity index is 543. The first-order chi connectivity index (χ1) is 10.6. The van der Waals surface area contributed by atoms with Gasteiger partial charge in [0, 0.05) is 0 Å². The van der Waals surface area contributed by atoms with Crippen molar-refractivity contribution in [3.05, 3.63) is 29.8 Å². The summed E-state index contributed by atoms with van der Waals surface area (Å²) < 4.78 is 47.9. The number of methoxy groups -OCH3 is 1. The number of nitrogens with one attached hydrogen (secondary N) is 1. The average Bonchev–Trinajstić information content (AvgIpc) is 2.45. The van der Waals surface area contributed by atoms with Crippen molar-refractivity contribution >= 4 is 17.0 Å². The molecule has 0 unspecified atom stereocenters. The highest BCUT2D eigenvalue weighted by atomic mass is 32.2. The number of ether oxygens (including phenoxy) is 2. The first kappa shape index (κ1) is 19.5. The second-order valence-corrected chi connectivity index (χ2v) is 7.78. The van der Waals surface area contributed by atoms with E-state index in [1.807, 2.05) is 0 Å². The molecule has 0 aliphatic rings. The molecule has 130 valence electrons. The molecule has 1 N–H and O–H groups in total. The lowest BCUT2D eigenvalue weighted by atomic mass is 10.0. The quantitative estimate of drug-likeness (QED) is 0.769. The minimum Gasteiger partial charge on any atom is -0.469 e. The van der Waals surface area contributed by atoms with Crippen molar-refractivity contribution in [1.29, 1.82) is 0 Å². The molecule has 0 spiro atoms. The van der Waals surface area contributed by atoms with E-state index < -0.39 is 34.4 Å². The van der Waals surface area contributed by atoms with Gasteiger partial charge in [-0.2, -0.15) is 8.78 Å². The predicted molar refractivity (Wildman–Crippen MR) is 83.5 cm³/mol. The Kier molecular flexibility index (Phi) is 7.08. The van der Waals surface area contributed by atoms with Crippen LogP contribution in [0, 0.1) is 0 Å². The second-order valence-electron chi connectivity index (χ2n) is 5.78. The molecule has 8 heteroatoms. The average molecular weight is 349 g/mol. The number of rotatable bonds is 7. The van der Waals surface area contributed by atoms with Crippen LogP contribution in [0.5, 0.6) is 5.75 Å². The Morgan fingerprint density at radius 3 is 2.26 bits per heavy atom. The SMILES string of the molecule is COC(=O)C[C@@H](N[S@@](=O)C(C)(C)C)c1ccc(OC(F)F)cc1. The van der Waals surface area contributed by atoms with Gasteiger partial charge < -0.3 is 9.47 Å². The van der Waals surface area contributed by atoms with Crippen LogP contribution in [0.2, 0.25) is 0 Å².